The van der Waals surface area contributed by atoms with Crippen LogP contribution in [-0.2, 0) is 16.0 Å². The van der Waals surface area contributed by atoms with Crippen LogP contribution in [0.5, 0.6) is 0 Å². The maximum Gasteiger partial charge on any atom is 0.241 e. The van der Waals surface area contributed by atoms with E-state index in [4.69, 9.17) is 0 Å². The van der Waals surface area contributed by atoms with Crippen LogP contribution in [0.1, 0.15) is 24.8 Å². The summed E-state index contributed by atoms with van der Waals surface area (Å²) in [4.78, 5) is 31.4. The summed E-state index contributed by atoms with van der Waals surface area (Å²) in [6.07, 6.45) is 4.19. The molecule has 1 aromatic carbocycles. The number of para-hydroxylation sites is 1. The van der Waals surface area contributed by atoms with E-state index < -0.39 is 0 Å². The first-order chi connectivity index (χ1) is 12.7. The van der Waals surface area contributed by atoms with Gasteiger partial charge in [0.25, 0.3) is 0 Å². The molecule has 0 saturated carbocycles. The van der Waals surface area contributed by atoms with Gasteiger partial charge in [-0.15, -0.1) is 0 Å². The summed E-state index contributed by atoms with van der Waals surface area (Å²) in [5, 5.41) is 3.34. The fourth-order valence-electron chi connectivity index (χ4n) is 4.28. The highest BCUT2D eigenvalue weighted by Gasteiger charge is 2.30. The van der Waals surface area contributed by atoms with E-state index in [1.54, 1.807) is 0 Å². The van der Waals surface area contributed by atoms with Crippen LogP contribution >= 0.6 is 0 Å². The molecular weight excluding hydrogens is 328 g/mol. The Morgan fingerprint density at radius 3 is 2.62 bits per heavy atom. The summed E-state index contributed by atoms with van der Waals surface area (Å²) in [6.45, 7) is 5.17. The van der Waals surface area contributed by atoms with Crippen molar-refractivity contribution in [3.63, 3.8) is 0 Å². The molecule has 0 unspecified atom stereocenters. The Kier molecular flexibility index (Phi) is 5.22. The molecule has 1 aromatic rings. The summed E-state index contributed by atoms with van der Waals surface area (Å²) in [7, 11) is 0. The maximum absolute atomic E-state index is 12.7. The molecule has 0 aliphatic carbocycles. The highest BCUT2D eigenvalue weighted by atomic mass is 16.2. The minimum absolute atomic E-state index is 0.00182. The second kappa shape index (κ2) is 7.76. The van der Waals surface area contributed by atoms with E-state index >= 15 is 0 Å². The predicted octanol–water partition coefficient (Wildman–Crippen LogP) is 0.862. The maximum atomic E-state index is 12.7. The van der Waals surface area contributed by atoms with Crippen molar-refractivity contribution in [1.82, 2.24) is 15.1 Å². The number of amides is 2. The van der Waals surface area contributed by atoms with Gasteiger partial charge in [-0.2, -0.15) is 0 Å². The summed E-state index contributed by atoms with van der Waals surface area (Å²) in [6, 6.07) is 8.16. The number of rotatable bonds is 3. The Balaban J connectivity index is 1.27. The number of nitrogens with zero attached hydrogens (tertiary/aromatic N) is 3. The first kappa shape index (κ1) is 17.5. The molecular formula is C20H28N4O2. The minimum Gasteiger partial charge on any atom is -0.339 e. The van der Waals surface area contributed by atoms with Gasteiger partial charge in [0.05, 0.1) is 12.6 Å². The number of benzene rings is 1. The van der Waals surface area contributed by atoms with E-state index in [2.05, 4.69) is 16.3 Å². The average Bonchev–Trinajstić information content (AvgIpc) is 3.13. The predicted molar refractivity (Wildman–Crippen MR) is 101 cm³/mol. The highest BCUT2D eigenvalue weighted by Crippen LogP contribution is 2.27. The van der Waals surface area contributed by atoms with Gasteiger partial charge in [-0.1, -0.05) is 24.6 Å². The van der Waals surface area contributed by atoms with Crippen LogP contribution in [0, 0.1) is 0 Å². The lowest BCUT2D eigenvalue weighted by atomic mass is 10.0. The van der Waals surface area contributed by atoms with Gasteiger partial charge in [0, 0.05) is 38.4 Å². The number of carbonyl (C=O) groups excluding carboxylic acids is 2. The normalized spacial score (nSPS) is 23.8. The summed E-state index contributed by atoms with van der Waals surface area (Å²) in [5.74, 6) is 0.410. The second-order valence-corrected chi connectivity index (χ2v) is 7.53. The fourth-order valence-corrected chi connectivity index (χ4v) is 4.28. The third kappa shape index (κ3) is 3.62. The number of hydrogen-bond acceptors (Lipinski definition) is 4. The van der Waals surface area contributed by atoms with Crippen molar-refractivity contribution in [2.45, 2.75) is 31.7 Å². The zero-order chi connectivity index (χ0) is 17.9. The number of carbonyl (C=O) groups is 2. The molecule has 140 valence electrons. The van der Waals surface area contributed by atoms with Crippen molar-refractivity contribution in [2.24, 2.45) is 0 Å². The number of fused-ring (bicyclic) bond motifs is 1. The Morgan fingerprint density at radius 2 is 1.85 bits per heavy atom. The van der Waals surface area contributed by atoms with Crippen LogP contribution in [0.25, 0.3) is 0 Å². The highest BCUT2D eigenvalue weighted by molar-refractivity contribution is 5.96. The van der Waals surface area contributed by atoms with Crippen molar-refractivity contribution >= 4 is 17.5 Å². The third-order valence-corrected chi connectivity index (χ3v) is 5.84. The number of hydrogen-bond donors (Lipinski definition) is 1. The van der Waals surface area contributed by atoms with Gasteiger partial charge in [0.1, 0.15) is 0 Å². The topological polar surface area (TPSA) is 55.9 Å². The Morgan fingerprint density at radius 1 is 1.04 bits per heavy atom. The van der Waals surface area contributed by atoms with Gasteiger partial charge in [-0.25, -0.2) is 0 Å². The molecule has 1 atom stereocenters. The van der Waals surface area contributed by atoms with Crippen LogP contribution in [0.2, 0.25) is 0 Å². The fraction of sp³-hybridized carbons (Fsp3) is 0.600. The van der Waals surface area contributed by atoms with Crippen molar-refractivity contribution in [1.29, 1.82) is 0 Å². The van der Waals surface area contributed by atoms with Crippen LogP contribution in [0.4, 0.5) is 5.69 Å². The molecule has 1 N–H and O–H groups in total. The molecule has 2 amide bonds. The zero-order valence-electron chi connectivity index (χ0n) is 15.3. The zero-order valence-corrected chi connectivity index (χ0v) is 15.3. The van der Waals surface area contributed by atoms with Crippen LogP contribution in [-0.4, -0.2) is 73.5 Å². The lowest BCUT2D eigenvalue weighted by molar-refractivity contribution is -0.136. The van der Waals surface area contributed by atoms with Crippen molar-refractivity contribution in [3.05, 3.63) is 29.8 Å². The van der Waals surface area contributed by atoms with Gasteiger partial charge >= 0.3 is 0 Å². The average molecular weight is 356 g/mol. The third-order valence-electron chi connectivity index (χ3n) is 5.84. The molecule has 6 nitrogen and oxygen atoms in total. The van der Waals surface area contributed by atoms with Crippen LogP contribution in [0.15, 0.2) is 24.3 Å². The van der Waals surface area contributed by atoms with E-state index in [1.807, 2.05) is 28.0 Å². The number of piperazine rings is 1. The molecule has 3 aliphatic heterocycles. The van der Waals surface area contributed by atoms with Crippen LogP contribution in [0.3, 0.4) is 0 Å². The lowest BCUT2D eigenvalue weighted by Gasteiger charge is -2.37. The Hall–Kier alpha value is -1.92. The largest absolute Gasteiger partial charge is 0.339 e. The number of nitrogens with one attached hydrogen (secondary N) is 1. The first-order valence-electron chi connectivity index (χ1n) is 9.85. The molecule has 6 heteroatoms. The minimum atomic E-state index is -0.00182. The molecule has 2 fully saturated rings. The Bertz CT molecular complexity index is 664. The summed E-state index contributed by atoms with van der Waals surface area (Å²) >= 11 is 0. The lowest BCUT2D eigenvalue weighted by Crippen LogP contribution is -2.56. The summed E-state index contributed by atoms with van der Waals surface area (Å²) in [5.41, 5.74) is 2.32. The van der Waals surface area contributed by atoms with Gasteiger partial charge in [0.2, 0.25) is 11.8 Å². The number of piperidine rings is 1. The SMILES string of the molecule is O=C([C@H]1CCCCN1)N1CCN(CC(=O)N2CCc3ccccc32)CC1. The van der Waals surface area contributed by atoms with Crippen LogP contribution < -0.4 is 10.2 Å². The first-order valence-corrected chi connectivity index (χ1v) is 9.85. The monoisotopic (exact) mass is 356 g/mol. The van der Waals surface area contributed by atoms with Crippen molar-refractivity contribution < 1.29 is 9.59 Å². The standard InChI is InChI=1S/C20H28N4O2/c25-19(24-10-8-16-5-1-2-7-18(16)24)15-22-11-13-23(14-12-22)20(26)17-6-3-4-9-21-17/h1-2,5,7,17,21H,3-4,6,8-15H2/t17-/m1/s1. The van der Waals surface area contributed by atoms with E-state index in [0.717, 1.165) is 64.2 Å². The van der Waals surface area contributed by atoms with E-state index in [0.29, 0.717) is 6.54 Å². The van der Waals surface area contributed by atoms with E-state index in [1.165, 1.54) is 12.0 Å². The quantitative estimate of drug-likeness (QED) is 0.873. The van der Waals surface area contributed by atoms with Gasteiger partial charge < -0.3 is 15.1 Å². The van der Waals surface area contributed by atoms with Crippen molar-refractivity contribution in [3.8, 4) is 0 Å². The smallest absolute Gasteiger partial charge is 0.241 e. The molecule has 0 bridgehead atoms. The summed E-state index contributed by atoms with van der Waals surface area (Å²) < 4.78 is 0. The van der Waals surface area contributed by atoms with Gasteiger partial charge in [-0.05, 0) is 37.4 Å². The molecule has 0 radical (unpaired) electrons. The molecule has 0 spiro atoms. The molecule has 3 aliphatic rings. The molecule has 0 aromatic heterocycles. The van der Waals surface area contributed by atoms with Gasteiger partial charge in [-0.3, -0.25) is 14.5 Å². The van der Waals surface area contributed by atoms with E-state index in [-0.39, 0.29) is 17.9 Å². The van der Waals surface area contributed by atoms with E-state index in [9.17, 15) is 9.59 Å². The molecule has 2 saturated heterocycles. The molecule has 4 rings (SSSR count). The molecule has 3 heterocycles. The van der Waals surface area contributed by atoms with Gasteiger partial charge in [0.15, 0.2) is 0 Å². The molecule has 26 heavy (non-hydrogen) atoms. The Labute approximate surface area is 155 Å². The number of anilines is 1. The second-order valence-electron chi connectivity index (χ2n) is 7.53. The van der Waals surface area contributed by atoms with Crippen molar-refractivity contribution in [2.75, 3.05) is 50.7 Å².